The minimum absolute atomic E-state index is 0. The van der Waals surface area contributed by atoms with Crippen LogP contribution in [0.15, 0.2) is 35.0 Å². The average Bonchev–Trinajstić information content (AvgIpc) is 2.61. The predicted molar refractivity (Wildman–Crippen MR) is 74.5 cm³/mol. The maximum absolute atomic E-state index is 6.38. The minimum Gasteiger partial charge on any atom is -1.00 e. The lowest BCUT2D eigenvalue weighted by molar-refractivity contribution is -0.459. The Balaban J connectivity index is 0.00000162. The Hall–Kier alpha value is -0.510. The van der Waals surface area contributed by atoms with Crippen LogP contribution in [0, 0.1) is 0 Å². The highest BCUT2D eigenvalue weighted by Gasteiger charge is 2.24. The van der Waals surface area contributed by atoms with Crippen molar-refractivity contribution in [1.82, 2.24) is 0 Å². The van der Waals surface area contributed by atoms with Crippen molar-refractivity contribution < 1.29 is 21.6 Å². The zero-order chi connectivity index (χ0) is 12.4. The molecule has 0 aromatic heterocycles. The number of hydrogen-bond acceptors (Lipinski definition) is 1. The molecule has 1 aromatic rings. The smallest absolute Gasteiger partial charge is 0.169 e. The second kappa shape index (κ2) is 6.60. The molecule has 0 radical (unpaired) electrons. The molecule has 0 saturated carbocycles. The molecule has 98 valence electrons. The van der Waals surface area contributed by atoms with Gasteiger partial charge in [0.25, 0.3) is 0 Å². The summed E-state index contributed by atoms with van der Waals surface area (Å²) in [6, 6.07) is 7.77. The summed E-state index contributed by atoms with van der Waals surface area (Å²) in [5, 5.41) is 1.50. The van der Waals surface area contributed by atoms with Gasteiger partial charge in [-0.1, -0.05) is 35.3 Å². The summed E-state index contributed by atoms with van der Waals surface area (Å²) in [5.41, 5.74) is 2.12. The van der Waals surface area contributed by atoms with E-state index in [1.807, 2.05) is 42.9 Å². The van der Waals surface area contributed by atoms with Crippen molar-refractivity contribution in [2.75, 3.05) is 25.5 Å². The fourth-order valence-corrected chi connectivity index (χ4v) is 2.49. The van der Waals surface area contributed by atoms with Crippen molar-refractivity contribution in [3.8, 4) is 0 Å². The highest BCUT2D eigenvalue weighted by atomic mass is 79.9. The molecular formula is C13H15BrCl2N2. The molecule has 0 bridgehead atoms. The molecule has 0 unspecified atom stereocenters. The number of anilines is 1. The third-order valence-corrected chi connectivity index (χ3v) is 3.43. The molecule has 0 amide bonds. The molecule has 18 heavy (non-hydrogen) atoms. The second-order valence-corrected chi connectivity index (χ2v) is 5.03. The molecule has 2 nitrogen and oxygen atoms in total. The maximum Gasteiger partial charge on any atom is 0.169 e. The van der Waals surface area contributed by atoms with Gasteiger partial charge in [0.05, 0.1) is 16.3 Å². The van der Waals surface area contributed by atoms with Crippen molar-refractivity contribution in [2.24, 2.45) is 0 Å². The molecule has 0 saturated heterocycles. The quantitative estimate of drug-likeness (QED) is 0.424. The van der Waals surface area contributed by atoms with E-state index in [2.05, 4.69) is 11.1 Å². The van der Waals surface area contributed by atoms with Crippen LogP contribution in [0.25, 0.3) is 0 Å². The van der Waals surface area contributed by atoms with E-state index in [1.54, 1.807) is 0 Å². The van der Waals surface area contributed by atoms with Crippen LogP contribution >= 0.6 is 23.2 Å². The number of nitrogens with zero attached hydrogens (tertiary/aromatic N) is 2. The van der Waals surface area contributed by atoms with Crippen LogP contribution in [0.4, 0.5) is 5.69 Å². The van der Waals surface area contributed by atoms with Crippen molar-refractivity contribution in [2.45, 2.75) is 6.42 Å². The highest BCUT2D eigenvalue weighted by Crippen LogP contribution is 2.34. The SMILES string of the molecule is C[N+](C)=CC1=C(Cl)N(c2ccccc2Cl)CC1.[Br-]. The number of hydrogen-bond donors (Lipinski definition) is 0. The van der Waals surface area contributed by atoms with Gasteiger partial charge in [0.1, 0.15) is 19.3 Å². The molecule has 0 fully saturated rings. The molecule has 2 rings (SSSR count). The molecule has 1 aliphatic rings. The summed E-state index contributed by atoms with van der Waals surface area (Å²) in [5.74, 6) is 0. The van der Waals surface area contributed by atoms with Gasteiger partial charge in [-0.3, -0.25) is 0 Å². The first-order chi connectivity index (χ1) is 8.09. The van der Waals surface area contributed by atoms with Crippen LogP contribution < -0.4 is 21.9 Å². The molecule has 0 spiro atoms. The third-order valence-electron chi connectivity index (χ3n) is 2.66. The van der Waals surface area contributed by atoms with E-state index in [0.29, 0.717) is 0 Å². The highest BCUT2D eigenvalue weighted by molar-refractivity contribution is 6.36. The lowest BCUT2D eigenvalue weighted by Gasteiger charge is -2.19. The summed E-state index contributed by atoms with van der Waals surface area (Å²) >= 11 is 12.6. The second-order valence-electron chi connectivity index (χ2n) is 4.26. The Morgan fingerprint density at radius 1 is 1.22 bits per heavy atom. The molecule has 0 N–H and O–H groups in total. The van der Waals surface area contributed by atoms with Gasteiger partial charge in [-0.2, -0.15) is 0 Å². The van der Waals surface area contributed by atoms with Crippen LogP contribution in [-0.2, 0) is 0 Å². The Kier molecular flexibility index (Phi) is 5.70. The summed E-state index contributed by atoms with van der Waals surface area (Å²) in [6.07, 6.45) is 3.00. The van der Waals surface area contributed by atoms with Gasteiger partial charge in [0.2, 0.25) is 0 Å². The molecular weight excluding hydrogens is 335 g/mol. The van der Waals surface area contributed by atoms with Gasteiger partial charge < -0.3 is 21.9 Å². The molecule has 0 atom stereocenters. The third kappa shape index (κ3) is 3.28. The summed E-state index contributed by atoms with van der Waals surface area (Å²) in [6.45, 7) is 0.877. The van der Waals surface area contributed by atoms with E-state index in [9.17, 15) is 0 Å². The van der Waals surface area contributed by atoms with Gasteiger partial charge in [-0.05, 0) is 18.6 Å². The van der Waals surface area contributed by atoms with E-state index in [1.165, 1.54) is 0 Å². The molecule has 5 heteroatoms. The zero-order valence-electron chi connectivity index (χ0n) is 10.3. The van der Waals surface area contributed by atoms with Gasteiger partial charge in [-0.25, -0.2) is 4.58 Å². The Bertz CT molecular complexity index is 494. The van der Waals surface area contributed by atoms with E-state index in [-0.39, 0.29) is 17.0 Å². The van der Waals surface area contributed by atoms with Crippen LogP contribution in [-0.4, -0.2) is 31.4 Å². The van der Waals surface area contributed by atoms with Crippen LogP contribution in [0.2, 0.25) is 5.02 Å². The van der Waals surface area contributed by atoms with E-state index in [4.69, 9.17) is 23.2 Å². The number of benzene rings is 1. The van der Waals surface area contributed by atoms with Crippen LogP contribution in [0.3, 0.4) is 0 Å². The fraction of sp³-hybridized carbons (Fsp3) is 0.308. The Morgan fingerprint density at radius 3 is 2.50 bits per heavy atom. The van der Waals surface area contributed by atoms with Crippen LogP contribution in [0.5, 0.6) is 0 Å². The summed E-state index contributed by atoms with van der Waals surface area (Å²) in [4.78, 5) is 2.05. The topological polar surface area (TPSA) is 6.25 Å². The van der Waals surface area contributed by atoms with Crippen molar-refractivity contribution >= 4 is 35.1 Å². The summed E-state index contributed by atoms with van der Waals surface area (Å²) in [7, 11) is 3.99. The number of halogens is 3. The van der Waals surface area contributed by atoms with E-state index in [0.717, 1.165) is 34.4 Å². The van der Waals surface area contributed by atoms with Crippen LogP contribution in [0.1, 0.15) is 6.42 Å². The van der Waals surface area contributed by atoms with Crippen molar-refractivity contribution in [1.29, 1.82) is 0 Å². The maximum atomic E-state index is 6.38. The van der Waals surface area contributed by atoms with Gasteiger partial charge in [0, 0.05) is 6.54 Å². The van der Waals surface area contributed by atoms with Crippen molar-refractivity contribution in [3.63, 3.8) is 0 Å². The molecule has 0 aliphatic carbocycles. The first-order valence-electron chi connectivity index (χ1n) is 5.51. The normalized spacial score (nSPS) is 14.6. The predicted octanol–water partition coefficient (Wildman–Crippen LogP) is 0.347. The van der Waals surface area contributed by atoms with E-state index >= 15 is 0 Å². The van der Waals surface area contributed by atoms with Crippen molar-refractivity contribution in [3.05, 3.63) is 40.0 Å². The molecule has 1 aliphatic heterocycles. The molecule has 1 aromatic carbocycles. The first-order valence-corrected chi connectivity index (χ1v) is 6.27. The number of rotatable bonds is 2. The van der Waals surface area contributed by atoms with Gasteiger partial charge in [-0.15, -0.1) is 0 Å². The lowest BCUT2D eigenvalue weighted by Crippen LogP contribution is -3.00. The van der Waals surface area contributed by atoms with E-state index < -0.39 is 0 Å². The van der Waals surface area contributed by atoms with Gasteiger partial charge >= 0.3 is 0 Å². The van der Waals surface area contributed by atoms with Gasteiger partial charge in [0.15, 0.2) is 6.21 Å². The first kappa shape index (κ1) is 15.5. The zero-order valence-corrected chi connectivity index (χ0v) is 13.4. The number of para-hydroxylation sites is 1. The monoisotopic (exact) mass is 348 g/mol. The minimum atomic E-state index is 0. The summed E-state index contributed by atoms with van der Waals surface area (Å²) < 4.78 is 2.01. The fourth-order valence-electron chi connectivity index (χ4n) is 1.93. The molecule has 1 heterocycles. The average molecular weight is 350 g/mol. The largest absolute Gasteiger partial charge is 1.00 e. The Labute approximate surface area is 128 Å². The standard InChI is InChI=1S/C13H15Cl2N2.BrH/c1-16(2)9-10-7-8-17(13(10)15)12-6-4-3-5-11(12)14;/h3-6,9H,7-8H2,1-2H3;1H/q+1;/p-1. The lowest BCUT2D eigenvalue weighted by atomic mass is 10.2. The Morgan fingerprint density at radius 2 is 1.89 bits per heavy atom.